The Balaban J connectivity index is 1.87. The van der Waals surface area contributed by atoms with Crippen LogP contribution in [0.4, 0.5) is 0 Å². The van der Waals surface area contributed by atoms with Crippen LogP contribution in [-0.4, -0.2) is 37.4 Å². The Bertz CT molecular complexity index is 670. The van der Waals surface area contributed by atoms with Gasteiger partial charge in [0.2, 0.25) is 0 Å². The van der Waals surface area contributed by atoms with Gasteiger partial charge in [0.25, 0.3) is 5.91 Å². The SMILES string of the molecule is COc1ccc(C(C)=O)cc1CC(=O)OCC(=O)N[C@@H]1CCCC[C@@H]1C. The van der Waals surface area contributed by atoms with Crippen molar-refractivity contribution in [3.8, 4) is 5.75 Å². The molecular weight excluding hydrogens is 334 g/mol. The molecule has 26 heavy (non-hydrogen) atoms. The highest BCUT2D eigenvalue weighted by Crippen LogP contribution is 2.24. The highest BCUT2D eigenvalue weighted by molar-refractivity contribution is 5.94. The predicted octanol–water partition coefficient (Wildman–Crippen LogP) is 2.68. The maximum atomic E-state index is 12.1. The largest absolute Gasteiger partial charge is 0.496 e. The van der Waals surface area contributed by atoms with E-state index in [1.807, 2.05) is 0 Å². The summed E-state index contributed by atoms with van der Waals surface area (Å²) in [7, 11) is 1.50. The van der Waals surface area contributed by atoms with E-state index in [0.29, 0.717) is 22.8 Å². The average molecular weight is 361 g/mol. The number of methoxy groups -OCH3 is 1. The van der Waals surface area contributed by atoms with Crippen molar-refractivity contribution in [3.63, 3.8) is 0 Å². The summed E-state index contributed by atoms with van der Waals surface area (Å²) in [6.45, 7) is 3.29. The molecule has 0 heterocycles. The molecule has 0 aliphatic heterocycles. The number of benzene rings is 1. The summed E-state index contributed by atoms with van der Waals surface area (Å²) in [4.78, 5) is 35.6. The molecule has 1 fully saturated rings. The lowest BCUT2D eigenvalue weighted by Gasteiger charge is -2.29. The summed E-state index contributed by atoms with van der Waals surface area (Å²) in [5.74, 6) is 0.0510. The Kier molecular flexibility index (Phi) is 7.18. The Morgan fingerprint density at radius 1 is 1.19 bits per heavy atom. The average Bonchev–Trinajstić information content (AvgIpc) is 2.62. The number of nitrogens with one attached hydrogen (secondary N) is 1. The zero-order valence-electron chi connectivity index (χ0n) is 15.7. The molecule has 1 aliphatic carbocycles. The molecule has 2 atom stereocenters. The summed E-state index contributed by atoms with van der Waals surface area (Å²) >= 11 is 0. The standard InChI is InChI=1S/C20H27NO5/c1-13-6-4-5-7-17(13)21-19(23)12-26-20(24)11-16-10-15(14(2)22)8-9-18(16)25-3/h8-10,13,17H,4-7,11-12H2,1-3H3,(H,21,23)/t13-,17+/m0/s1. The topological polar surface area (TPSA) is 81.7 Å². The van der Waals surface area contributed by atoms with Crippen LogP contribution < -0.4 is 10.1 Å². The Morgan fingerprint density at radius 3 is 2.58 bits per heavy atom. The number of ketones is 1. The number of esters is 1. The van der Waals surface area contributed by atoms with Crippen LogP contribution in [0, 0.1) is 5.92 Å². The van der Waals surface area contributed by atoms with Gasteiger partial charge >= 0.3 is 5.97 Å². The lowest BCUT2D eigenvalue weighted by molar-refractivity contribution is -0.148. The van der Waals surface area contributed by atoms with E-state index in [0.717, 1.165) is 19.3 Å². The van der Waals surface area contributed by atoms with Crippen LogP contribution in [0.1, 0.15) is 55.5 Å². The number of carbonyl (C=O) groups is 3. The summed E-state index contributed by atoms with van der Waals surface area (Å²) in [6.07, 6.45) is 4.33. The maximum absolute atomic E-state index is 12.1. The molecule has 6 nitrogen and oxygen atoms in total. The van der Waals surface area contributed by atoms with E-state index in [-0.39, 0.29) is 30.8 Å². The van der Waals surface area contributed by atoms with E-state index in [2.05, 4.69) is 12.2 Å². The fourth-order valence-corrected chi connectivity index (χ4v) is 3.27. The molecule has 0 spiro atoms. The van der Waals surface area contributed by atoms with Gasteiger partial charge in [-0.2, -0.15) is 0 Å². The second kappa shape index (κ2) is 9.36. The van der Waals surface area contributed by atoms with E-state index in [4.69, 9.17) is 9.47 Å². The minimum atomic E-state index is -0.532. The van der Waals surface area contributed by atoms with Gasteiger partial charge in [0.15, 0.2) is 12.4 Å². The number of rotatable bonds is 7. The van der Waals surface area contributed by atoms with E-state index in [1.165, 1.54) is 20.5 Å². The molecule has 0 bridgehead atoms. The first kappa shape index (κ1) is 19.9. The number of hydrogen-bond donors (Lipinski definition) is 1. The molecule has 0 saturated heterocycles. The number of Topliss-reactive ketones (excluding diaryl/α,β-unsaturated/α-hetero) is 1. The zero-order valence-corrected chi connectivity index (χ0v) is 15.7. The number of hydrogen-bond acceptors (Lipinski definition) is 5. The van der Waals surface area contributed by atoms with Crippen LogP contribution in [-0.2, 0) is 20.7 Å². The molecule has 1 saturated carbocycles. The van der Waals surface area contributed by atoms with Gasteiger partial charge in [0, 0.05) is 17.2 Å². The summed E-state index contributed by atoms with van der Waals surface area (Å²) in [5.41, 5.74) is 1.06. The molecule has 0 unspecified atom stereocenters. The summed E-state index contributed by atoms with van der Waals surface area (Å²) < 4.78 is 10.3. The highest BCUT2D eigenvalue weighted by atomic mass is 16.5. The molecule has 1 aliphatic rings. The molecule has 0 aromatic heterocycles. The van der Waals surface area contributed by atoms with E-state index in [9.17, 15) is 14.4 Å². The van der Waals surface area contributed by atoms with Gasteiger partial charge in [-0.15, -0.1) is 0 Å². The van der Waals surface area contributed by atoms with E-state index < -0.39 is 5.97 Å². The van der Waals surface area contributed by atoms with Gasteiger partial charge in [-0.1, -0.05) is 19.8 Å². The second-order valence-electron chi connectivity index (χ2n) is 6.86. The fourth-order valence-electron chi connectivity index (χ4n) is 3.27. The van der Waals surface area contributed by atoms with Gasteiger partial charge in [0.05, 0.1) is 13.5 Å². The molecule has 1 aromatic rings. The van der Waals surface area contributed by atoms with Crippen molar-refractivity contribution in [3.05, 3.63) is 29.3 Å². The van der Waals surface area contributed by atoms with Crippen LogP contribution in [0.15, 0.2) is 18.2 Å². The second-order valence-corrected chi connectivity index (χ2v) is 6.86. The zero-order chi connectivity index (χ0) is 19.1. The van der Waals surface area contributed by atoms with Crippen molar-refractivity contribution in [1.29, 1.82) is 0 Å². The van der Waals surface area contributed by atoms with E-state index >= 15 is 0 Å². The van der Waals surface area contributed by atoms with Crippen molar-refractivity contribution >= 4 is 17.7 Å². The van der Waals surface area contributed by atoms with Gasteiger partial charge in [-0.05, 0) is 43.9 Å². The van der Waals surface area contributed by atoms with Gasteiger partial charge < -0.3 is 14.8 Å². The normalized spacial score (nSPS) is 19.5. The summed E-state index contributed by atoms with van der Waals surface area (Å²) in [5, 5.41) is 2.95. The minimum absolute atomic E-state index is 0.0581. The first-order valence-electron chi connectivity index (χ1n) is 9.03. The van der Waals surface area contributed by atoms with Gasteiger partial charge in [0.1, 0.15) is 5.75 Å². The fraction of sp³-hybridized carbons (Fsp3) is 0.550. The van der Waals surface area contributed by atoms with Crippen LogP contribution in [0.5, 0.6) is 5.75 Å². The number of carbonyl (C=O) groups excluding carboxylic acids is 3. The quantitative estimate of drug-likeness (QED) is 0.596. The van der Waals surface area contributed by atoms with E-state index in [1.54, 1.807) is 18.2 Å². The molecule has 142 valence electrons. The van der Waals surface area contributed by atoms with Gasteiger partial charge in [-0.25, -0.2) is 0 Å². The van der Waals surface area contributed by atoms with Crippen molar-refractivity contribution in [1.82, 2.24) is 5.32 Å². The van der Waals surface area contributed by atoms with Crippen LogP contribution in [0.25, 0.3) is 0 Å². The molecule has 1 aromatic carbocycles. The molecule has 1 amide bonds. The molecule has 6 heteroatoms. The van der Waals surface area contributed by atoms with Crippen molar-refractivity contribution < 1.29 is 23.9 Å². The van der Waals surface area contributed by atoms with Gasteiger partial charge in [-0.3, -0.25) is 14.4 Å². The smallest absolute Gasteiger partial charge is 0.310 e. The minimum Gasteiger partial charge on any atom is -0.496 e. The van der Waals surface area contributed by atoms with Crippen LogP contribution in [0.3, 0.4) is 0 Å². The number of ether oxygens (including phenoxy) is 2. The third kappa shape index (κ3) is 5.58. The Hall–Kier alpha value is -2.37. The lowest BCUT2D eigenvalue weighted by Crippen LogP contribution is -2.43. The third-order valence-corrected chi connectivity index (χ3v) is 4.84. The third-order valence-electron chi connectivity index (χ3n) is 4.84. The first-order valence-corrected chi connectivity index (χ1v) is 9.03. The summed E-state index contributed by atoms with van der Waals surface area (Å²) in [6, 6.07) is 5.07. The Morgan fingerprint density at radius 2 is 1.92 bits per heavy atom. The van der Waals surface area contributed by atoms with Crippen LogP contribution in [0.2, 0.25) is 0 Å². The van der Waals surface area contributed by atoms with Crippen molar-refractivity contribution in [2.75, 3.05) is 13.7 Å². The van der Waals surface area contributed by atoms with Crippen molar-refractivity contribution in [2.45, 2.75) is 52.0 Å². The molecule has 0 radical (unpaired) electrons. The molecule has 2 rings (SSSR count). The number of amides is 1. The highest BCUT2D eigenvalue weighted by Gasteiger charge is 2.23. The first-order chi connectivity index (χ1) is 12.4. The molecular formula is C20H27NO5. The molecule has 1 N–H and O–H groups in total. The predicted molar refractivity (Wildman–Crippen MR) is 97.2 cm³/mol. The maximum Gasteiger partial charge on any atom is 0.310 e. The monoisotopic (exact) mass is 361 g/mol. The van der Waals surface area contributed by atoms with Crippen LogP contribution >= 0.6 is 0 Å². The van der Waals surface area contributed by atoms with Crippen molar-refractivity contribution in [2.24, 2.45) is 5.92 Å². The Labute approximate surface area is 154 Å². The lowest BCUT2D eigenvalue weighted by atomic mass is 9.86.